The van der Waals surface area contributed by atoms with Gasteiger partial charge in [-0.25, -0.2) is 13.2 Å². The Labute approximate surface area is 186 Å². The molecule has 8 nitrogen and oxygen atoms in total. The number of hydrogen-bond donors (Lipinski definition) is 2. The number of rotatable bonds is 3. The summed E-state index contributed by atoms with van der Waals surface area (Å²) in [6.07, 6.45) is 2.35. The number of hydrogen-bond acceptors (Lipinski definition) is 5. The van der Waals surface area contributed by atoms with Crippen LogP contribution < -0.4 is 15.8 Å². The highest BCUT2D eigenvalue weighted by molar-refractivity contribution is 5.99. The standard InChI is InChI=1S/C22H21F3N4O4/c1-10-4-16(24)13(17(25)5-10)7-26-21(32)14-8-28-18(20(31)19(14)30)22(33)27-9-29(28)11(2)6-15(23)12(27)3/h4-6,8,11-12,31H,7,9H2,1-3H3,(H,26,32)/t11-,12+/m1/s1. The van der Waals surface area contributed by atoms with Crippen LogP contribution in [0.3, 0.4) is 0 Å². The lowest BCUT2D eigenvalue weighted by Gasteiger charge is -2.41. The van der Waals surface area contributed by atoms with E-state index in [1.54, 1.807) is 6.92 Å². The fourth-order valence-electron chi connectivity index (χ4n) is 3.97. The molecule has 11 heteroatoms. The second kappa shape index (κ2) is 7.98. The van der Waals surface area contributed by atoms with E-state index in [0.717, 1.165) is 27.9 Å². The zero-order valence-electron chi connectivity index (χ0n) is 18.0. The van der Waals surface area contributed by atoms with E-state index in [2.05, 4.69) is 5.32 Å². The molecule has 2 bridgehead atoms. The average Bonchev–Trinajstić information content (AvgIpc) is 2.83. The molecule has 2 atom stereocenters. The van der Waals surface area contributed by atoms with Gasteiger partial charge in [-0.1, -0.05) is 0 Å². The predicted molar refractivity (Wildman–Crippen MR) is 112 cm³/mol. The normalized spacial score (nSPS) is 19.7. The van der Waals surface area contributed by atoms with E-state index in [0.29, 0.717) is 5.56 Å². The largest absolute Gasteiger partial charge is 0.502 e. The van der Waals surface area contributed by atoms with Gasteiger partial charge in [-0.05, 0) is 44.5 Å². The van der Waals surface area contributed by atoms with Crippen LogP contribution in [0.1, 0.15) is 45.8 Å². The zero-order valence-corrected chi connectivity index (χ0v) is 18.0. The van der Waals surface area contributed by atoms with E-state index >= 15 is 0 Å². The van der Waals surface area contributed by atoms with Gasteiger partial charge in [-0.2, -0.15) is 0 Å². The van der Waals surface area contributed by atoms with E-state index in [1.807, 2.05) is 0 Å². The smallest absolute Gasteiger partial charge is 0.278 e. The Morgan fingerprint density at radius 2 is 1.82 bits per heavy atom. The van der Waals surface area contributed by atoms with E-state index in [-0.39, 0.29) is 6.67 Å². The molecule has 3 heterocycles. The lowest BCUT2D eigenvalue weighted by atomic mass is 10.1. The number of aryl methyl sites for hydroxylation is 1. The molecule has 0 saturated heterocycles. The number of pyridine rings is 1. The maximum atomic E-state index is 14.4. The molecular weight excluding hydrogens is 441 g/mol. The van der Waals surface area contributed by atoms with E-state index in [4.69, 9.17) is 0 Å². The topological polar surface area (TPSA) is 94.9 Å². The van der Waals surface area contributed by atoms with Gasteiger partial charge >= 0.3 is 0 Å². The van der Waals surface area contributed by atoms with E-state index < -0.39 is 75.9 Å². The second-order valence-electron chi connectivity index (χ2n) is 8.13. The Kier molecular flexibility index (Phi) is 5.43. The fourth-order valence-corrected chi connectivity index (χ4v) is 3.97. The van der Waals surface area contributed by atoms with Crippen molar-refractivity contribution in [3.63, 3.8) is 0 Å². The van der Waals surface area contributed by atoms with Crippen LogP contribution in [-0.2, 0) is 6.54 Å². The SMILES string of the molecule is Cc1cc(F)c(CNC(=O)c2cn3c(c(O)c2=O)C(=O)N2CN3[C@H](C)C=C(F)[C@@H]2C)c(F)c1. The number of aromatic hydroxyl groups is 1. The third kappa shape index (κ3) is 3.62. The van der Waals surface area contributed by atoms with Crippen LogP contribution in [0.15, 0.2) is 35.0 Å². The summed E-state index contributed by atoms with van der Waals surface area (Å²) in [7, 11) is 0. The number of nitrogens with zero attached hydrogens (tertiary/aromatic N) is 3. The first kappa shape index (κ1) is 22.4. The first-order valence-corrected chi connectivity index (χ1v) is 10.2. The summed E-state index contributed by atoms with van der Waals surface area (Å²) in [5, 5.41) is 14.3. The Morgan fingerprint density at radius 1 is 1.18 bits per heavy atom. The van der Waals surface area contributed by atoms with Crippen molar-refractivity contribution in [3.05, 3.63) is 74.5 Å². The van der Waals surface area contributed by atoms with Gasteiger partial charge in [0.1, 0.15) is 29.7 Å². The molecule has 0 saturated carbocycles. The Bertz CT molecular complexity index is 1250. The van der Waals surface area contributed by atoms with Crippen LogP contribution in [-0.4, -0.2) is 45.2 Å². The minimum atomic E-state index is -1.13. The van der Waals surface area contributed by atoms with Gasteiger partial charge in [-0.3, -0.25) is 24.1 Å². The van der Waals surface area contributed by atoms with Crippen LogP contribution in [0, 0.1) is 18.6 Å². The molecule has 2 aromatic rings. The number of carbonyl (C=O) groups is 2. The highest BCUT2D eigenvalue weighted by Crippen LogP contribution is 2.29. The highest BCUT2D eigenvalue weighted by atomic mass is 19.1. The molecule has 2 aliphatic rings. The lowest BCUT2D eigenvalue weighted by molar-refractivity contribution is 0.0631. The van der Waals surface area contributed by atoms with Crippen LogP contribution >= 0.6 is 0 Å². The third-order valence-corrected chi connectivity index (χ3v) is 5.89. The molecule has 1 aromatic heterocycles. The summed E-state index contributed by atoms with van der Waals surface area (Å²) in [5.74, 6) is -5.01. The molecular formula is C22H21F3N4O4. The molecule has 0 spiro atoms. The first-order chi connectivity index (χ1) is 15.5. The van der Waals surface area contributed by atoms with Gasteiger partial charge < -0.3 is 15.3 Å². The van der Waals surface area contributed by atoms with Crippen molar-refractivity contribution in [2.45, 2.75) is 39.4 Å². The molecule has 0 fully saturated rings. The van der Waals surface area contributed by atoms with E-state index in [1.165, 1.54) is 24.9 Å². The van der Waals surface area contributed by atoms with Crippen LogP contribution in [0.2, 0.25) is 0 Å². The molecule has 174 valence electrons. The molecule has 0 radical (unpaired) electrons. The number of nitrogens with one attached hydrogen (secondary N) is 1. The molecule has 0 aliphatic carbocycles. The molecule has 33 heavy (non-hydrogen) atoms. The second-order valence-corrected chi connectivity index (χ2v) is 8.13. The molecule has 2 amide bonds. The maximum Gasteiger partial charge on any atom is 0.278 e. The number of aromatic nitrogens is 1. The van der Waals surface area contributed by atoms with Crippen molar-refractivity contribution in [3.8, 4) is 5.75 Å². The van der Waals surface area contributed by atoms with Crippen molar-refractivity contribution in [1.82, 2.24) is 14.9 Å². The van der Waals surface area contributed by atoms with Crippen molar-refractivity contribution in [1.29, 1.82) is 0 Å². The minimum Gasteiger partial charge on any atom is -0.502 e. The Hall–Kier alpha value is -3.76. The van der Waals surface area contributed by atoms with E-state index in [9.17, 15) is 32.7 Å². The number of halogens is 3. The minimum absolute atomic E-state index is 0.0543. The zero-order chi connectivity index (χ0) is 24.2. The summed E-state index contributed by atoms with van der Waals surface area (Å²) < 4.78 is 43.7. The summed E-state index contributed by atoms with van der Waals surface area (Å²) >= 11 is 0. The highest BCUT2D eigenvalue weighted by Gasteiger charge is 2.40. The molecule has 4 rings (SSSR count). The lowest BCUT2D eigenvalue weighted by Crippen LogP contribution is -2.57. The summed E-state index contributed by atoms with van der Waals surface area (Å²) in [5.41, 5.74) is -2.10. The fraction of sp³-hybridized carbons (Fsp3) is 0.318. The van der Waals surface area contributed by atoms with Gasteiger partial charge in [0.2, 0.25) is 5.43 Å². The number of fused-ring (bicyclic) bond motifs is 4. The number of benzene rings is 1. The number of amides is 2. The predicted octanol–water partition coefficient (Wildman–Crippen LogP) is 2.07. The van der Waals surface area contributed by atoms with Gasteiger partial charge in [0.15, 0.2) is 11.4 Å². The summed E-state index contributed by atoms with van der Waals surface area (Å²) in [4.78, 5) is 39.5. The molecule has 2 aliphatic heterocycles. The van der Waals surface area contributed by atoms with Crippen LogP contribution in [0.5, 0.6) is 5.75 Å². The summed E-state index contributed by atoms with van der Waals surface area (Å²) in [6.45, 7) is 4.04. The third-order valence-electron chi connectivity index (χ3n) is 5.89. The van der Waals surface area contributed by atoms with Gasteiger partial charge in [0.25, 0.3) is 11.8 Å². The molecule has 1 aromatic carbocycles. The van der Waals surface area contributed by atoms with Gasteiger partial charge in [0.05, 0.1) is 12.1 Å². The number of carbonyl (C=O) groups excluding carboxylic acids is 2. The summed E-state index contributed by atoms with van der Waals surface area (Å²) in [6, 6.07) is 0.722. The van der Waals surface area contributed by atoms with Crippen LogP contribution in [0.4, 0.5) is 13.2 Å². The Morgan fingerprint density at radius 3 is 2.45 bits per heavy atom. The Balaban J connectivity index is 1.72. The average molecular weight is 462 g/mol. The van der Waals surface area contributed by atoms with Gasteiger partial charge in [-0.15, -0.1) is 0 Å². The van der Waals surface area contributed by atoms with Gasteiger partial charge in [0, 0.05) is 18.3 Å². The van der Waals surface area contributed by atoms with Crippen molar-refractivity contribution in [2.75, 3.05) is 11.7 Å². The van der Waals surface area contributed by atoms with Crippen molar-refractivity contribution >= 4 is 11.8 Å². The van der Waals surface area contributed by atoms with Crippen LogP contribution in [0.25, 0.3) is 0 Å². The molecule has 2 N–H and O–H groups in total. The maximum absolute atomic E-state index is 14.4. The van der Waals surface area contributed by atoms with Crippen molar-refractivity contribution < 1.29 is 27.9 Å². The van der Waals surface area contributed by atoms with Crippen molar-refractivity contribution in [2.24, 2.45) is 0 Å². The molecule has 0 unspecified atom stereocenters. The quantitative estimate of drug-likeness (QED) is 0.729. The monoisotopic (exact) mass is 462 g/mol. The first-order valence-electron chi connectivity index (χ1n) is 10.2.